The Labute approximate surface area is 173 Å². The van der Waals surface area contributed by atoms with Crippen molar-refractivity contribution in [1.82, 2.24) is 19.2 Å². The number of halogens is 1. The van der Waals surface area contributed by atoms with E-state index in [4.69, 9.17) is 0 Å². The number of aromatic nitrogens is 3. The van der Waals surface area contributed by atoms with Gasteiger partial charge in [0.25, 0.3) is 0 Å². The van der Waals surface area contributed by atoms with Gasteiger partial charge in [-0.2, -0.15) is 5.10 Å². The molecule has 0 bridgehead atoms. The largest absolute Gasteiger partial charge is 0.345 e. The summed E-state index contributed by atoms with van der Waals surface area (Å²) in [5, 5.41) is 7.23. The van der Waals surface area contributed by atoms with Crippen molar-refractivity contribution in [1.29, 1.82) is 0 Å². The molecule has 1 aromatic heterocycles. The first-order valence-electron chi connectivity index (χ1n) is 10.0. The highest BCUT2D eigenvalue weighted by molar-refractivity contribution is 5.89. The van der Waals surface area contributed by atoms with Crippen molar-refractivity contribution in [3.05, 3.63) is 82.3 Å². The molecule has 3 aromatic rings. The normalized spacial score (nSPS) is 16.5. The molecule has 0 saturated carbocycles. The highest BCUT2D eigenvalue weighted by atomic mass is 19.1. The third-order valence-electron chi connectivity index (χ3n) is 5.37. The van der Waals surface area contributed by atoms with Gasteiger partial charge in [-0.3, -0.25) is 4.57 Å². The number of nitrogens with one attached hydrogen (secondary N) is 1. The number of anilines is 1. The van der Waals surface area contributed by atoms with E-state index in [9.17, 15) is 14.0 Å². The highest BCUT2D eigenvalue weighted by Gasteiger charge is 2.29. The van der Waals surface area contributed by atoms with Crippen LogP contribution in [0.3, 0.4) is 0 Å². The van der Waals surface area contributed by atoms with E-state index in [1.54, 1.807) is 28.6 Å². The fraction of sp³-hybridized carbons (Fsp3) is 0.318. The van der Waals surface area contributed by atoms with Gasteiger partial charge in [0, 0.05) is 31.7 Å². The second-order valence-corrected chi connectivity index (χ2v) is 7.56. The third-order valence-corrected chi connectivity index (χ3v) is 5.37. The first-order chi connectivity index (χ1) is 14.5. The Hall–Kier alpha value is -3.42. The maximum atomic E-state index is 13.4. The molecular formula is C22H24FN5O2. The van der Waals surface area contributed by atoms with Gasteiger partial charge in [0.2, 0.25) is 0 Å². The summed E-state index contributed by atoms with van der Waals surface area (Å²) in [5.74, 6) is 0.243. The Balaban J connectivity index is 1.52. The lowest BCUT2D eigenvalue weighted by Gasteiger charge is -2.32. The minimum atomic E-state index is -0.400. The van der Waals surface area contributed by atoms with Crippen LogP contribution in [0.15, 0.2) is 59.4 Å². The van der Waals surface area contributed by atoms with Crippen molar-refractivity contribution in [3.8, 4) is 0 Å². The maximum Gasteiger partial charge on any atom is 0.345 e. The predicted octanol–water partition coefficient (Wildman–Crippen LogP) is 3.18. The van der Waals surface area contributed by atoms with E-state index >= 15 is 0 Å². The molecule has 2 amide bonds. The SMILES string of the molecule is Cn1nc(C2CCCN(C(=O)Nc3cccc(F)c3)C2)n(Cc2ccccc2)c1=O. The predicted molar refractivity (Wildman–Crippen MR) is 112 cm³/mol. The lowest BCUT2D eigenvalue weighted by Crippen LogP contribution is -2.42. The number of benzene rings is 2. The molecule has 1 fully saturated rings. The average molecular weight is 409 g/mol. The molecular weight excluding hydrogens is 385 g/mol. The van der Waals surface area contributed by atoms with Crippen LogP contribution < -0.4 is 11.0 Å². The molecule has 1 N–H and O–H groups in total. The second-order valence-electron chi connectivity index (χ2n) is 7.56. The van der Waals surface area contributed by atoms with Crippen molar-refractivity contribution >= 4 is 11.7 Å². The molecule has 0 spiro atoms. The average Bonchev–Trinajstić information content (AvgIpc) is 3.03. The van der Waals surface area contributed by atoms with Gasteiger partial charge in [-0.15, -0.1) is 0 Å². The van der Waals surface area contributed by atoms with Crippen LogP contribution in [0.2, 0.25) is 0 Å². The molecule has 4 rings (SSSR count). The zero-order valence-electron chi connectivity index (χ0n) is 16.8. The number of hydrogen-bond donors (Lipinski definition) is 1. The summed E-state index contributed by atoms with van der Waals surface area (Å²) in [7, 11) is 1.64. The van der Waals surface area contributed by atoms with Gasteiger partial charge in [-0.1, -0.05) is 36.4 Å². The fourth-order valence-electron chi connectivity index (χ4n) is 3.88. The van der Waals surface area contributed by atoms with E-state index in [1.165, 1.54) is 16.8 Å². The summed E-state index contributed by atoms with van der Waals surface area (Å²) in [6.45, 7) is 1.49. The van der Waals surface area contributed by atoms with Gasteiger partial charge in [0.05, 0.1) is 6.54 Å². The van der Waals surface area contributed by atoms with Gasteiger partial charge in [-0.25, -0.2) is 18.7 Å². The van der Waals surface area contributed by atoms with Crippen LogP contribution >= 0.6 is 0 Å². The molecule has 8 heteroatoms. The van der Waals surface area contributed by atoms with E-state index in [0.29, 0.717) is 31.1 Å². The molecule has 2 aromatic carbocycles. The van der Waals surface area contributed by atoms with Gasteiger partial charge >= 0.3 is 11.7 Å². The van der Waals surface area contributed by atoms with Crippen LogP contribution in [0.1, 0.15) is 30.1 Å². The number of amides is 2. The van der Waals surface area contributed by atoms with Crippen molar-refractivity contribution in [2.75, 3.05) is 18.4 Å². The molecule has 2 heterocycles. The van der Waals surface area contributed by atoms with E-state index in [0.717, 1.165) is 18.4 Å². The van der Waals surface area contributed by atoms with Gasteiger partial charge in [0.1, 0.15) is 11.6 Å². The van der Waals surface area contributed by atoms with Crippen LogP contribution in [0.25, 0.3) is 0 Å². The Bertz CT molecular complexity index is 1090. The highest BCUT2D eigenvalue weighted by Crippen LogP contribution is 2.26. The molecule has 1 aliphatic rings. The summed E-state index contributed by atoms with van der Waals surface area (Å²) < 4.78 is 16.4. The Morgan fingerprint density at radius 2 is 2.00 bits per heavy atom. The van der Waals surface area contributed by atoms with Crippen LogP contribution in [-0.4, -0.2) is 38.4 Å². The van der Waals surface area contributed by atoms with E-state index in [-0.39, 0.29) is 17.6 Å². The van der Waals surface area contributed by atoms with Crippen molar-refractivity contribution in [3.63, 3.8) is 0 Å². The lowest BCUT2D eigenvalue weighted by atomic mass is 9.97. The standard InChI is InChI=1S/C22H24FN5O2/c1-26-22(30)28(14-16-7-3-2-4-8-16)20(25-26)17-9-6-12-27(15-17)21(29)24-19-11-5-10-18(23)13-19/h2-5,7-8,10-11,13,17H,6,9,12,14-15H2,1H3,(H,24,29). The molecule has 7 nitrogen and oxygen atoms in total. The van der Waals surface area contributed by atoms with Crippen LogP contribution in [0, 0.1) is 5.82 Å². The number of carbonyl (C=O) groups excluding carboxylic acids is 1. The van der Waals surface area contributed by atoms with Crippen molar-refractivity contribution < 1.29 is 9.18 Å². The molecule has 1 aliphatic heterocycles. The lowest BCUT2D eigenvalue weighted by molar-refractivity contribution is 0.190. The minimum absolute atomic E-state index is 0.0466. The Morgan fingerprint density at radius 1 is 1.20 bits per heavy atom. The van der Waals surface area contributed by atoms with Crippen LogP contribution in [-0.2, 0) is 13.6 Å². The molecule has 1 atom stereocenters. The maximum absolute atomic E-state index is 13.4. The molecule has 1 unspecified atom stereocenters. The Kier molecular flexibility index (Phi) is 5.65. The summed E-state index contributed by atoms with van der Waals surface area (Å²) >= 11 is 0. The smallest absolute Gasteiger partial charge is 0.324 e. The quantitative estimate of drug-likeness (QED) is 0.719. The van der Waals surface area contributed by atoms with Gasteiger partial charge in [0.15, 0.2) is 0 Å². The number of rotatable bonds is 4. The number of urea groups is 1. The number of nitrogens with zero attached hydrogens (tertiary/aromatic N) is 4. The Morgan fingerprint density at radius 3 is 2.77 bits per heavy atom. The van der Waals surface area contributed by atoms with Crippen molar-refractivity contribution in [2.24, 2.45) is 7.05 Å². The first kappa shape index (κ1) is 19.9. The van der Waals surface area contributed by atoms with E-state index < -0.39 is 5.82 Å². The first-order valence-corrected chi connectivity index (χ1v) is 10.0. The third kappa shape index (κ3) is 4.27. The molecule has 156 valence electrons. The number of aryl methyl sites for hydroxylation is 1. The second kappa shape index (κ2) is 8.52. The van der Waals surface area contributed by atoms with Gasteiger partial charge < -0.3 is 10.2 Å². The summed E-state index contributed by atoms with van der Waals surface area (Å²) in [6.07, 6.45) is 1.65. The summed E-state index contributed by atoms with van der Waals surface area (Å²) in [4.78, 5) is 27.1. The molecule has 1 saturated heterocycles. The van der Waals surface area contributed by atoms with Gasteiger partial charge in [-0.05, 0) is 36.6 Å². The molecule has 30 heavy (non-hydrogen) atoms. The molecule has 0 aliphatic carbocycles. The summed E-state index contributed by atoms with van der Waals surface area (Å²) in [6, 6.07) is 15.3. The monoisotopic (exact) mass is 409 g/mol. The summed E-state index contributed by atoms with van der Waals surface area (Å²) in [5.41, 5.74) is 1.27. The zero-order valence-corrected chi connectivity index (χ0v) is 16.8. The van der Waals surface area contributed by atoms with Crippen molar-refractivity contribution in [2.45, 2.75) is 25.3 Å². The number of piperidine rings is 1. The van der Waals surface area contributed by atoms with Crippen LogP contribution in [0.4, 0.5) is 14.9 Å². The van der Waals surface area contributed by atoms with E-state index in [2.05, 4.69) is 10.4 Å². The van der Waals surface area contributed by atoms with Crippen LogP contribution in [0.5, 0.6) is 0 Å². The van der Waals surface area contributed by atoms with E-state index in [1.807, 2.05) is 30.3 Å². The number of hydrogen-bond acceptors (Lipinski definition) is 3. The minimum Gasteiger partial charge on any atom is -0.324 e. The molecule has 0 radical (unpaired) electrons. The topological polar surface area (TPSA) is 72.2 Å². The zero-order chi connectivity index (χ0) is 21.1. The number of carbonyl (C=O) groups is 1. The number of likely N-dealkylation sites (tertiary alicyclic amines) is 1. The fourth-order valence-corrected chi connectivity index (χ4v) is 3.88.